The summed E-state index contributed by atoms with van der Waals surface area (Å²) in [6.07, 6.45) is 3.21. The maximum Gasteiger partial charge on any atom is 0.321 e. The van der Waals surface area contributed by atoms with Crippen molar-refractivity contribution in [3.8, 4) is 0 Å². The third-order valence-corrected chi connectivity index (χ3v) is 4.68. The molecule has 0 unspecified atom stereocenters. The highest BCUT2D eigenvalue weighted by Crippen LogP contribution is 2.21. The molecule has 1 saturated heterocycles. The molecular weight excluding hydrogens is 316 g/mol. The highest BCUT2D eigenvalue weighted by atomic mass is 16.5. The van der Waals surface area contributed by atoms with Gasteiger partial charge in [0.25, 0.3) is 0 Å². The largest absolute Gasteiger partial charge is 0.341 e. The van der Waals surface area contributed by atoms with Crippen molar-refractivity contribution in [1.82, 2.24) is 15.0 Å². The Morgan fingerprint density at radius 3 is 2.64 bits per heavy atom. The van der Waals surface area contributed by atoms with Crippen molar-refractivity contribution >= 4 is 11.9 Å². The molecule has 6 nitrogen and oxygen atoms in total. The number of nitrogens with zero attached hydrogens (tertiary/aromatic N) is 3. The zero-order valence-electron chi connectivity index (χ0n) is 14.9. The van der Waals surface area contributed by atoms with Crippen molar-refractivity contribution in [3.05, 3.63) is 41.7 Å². The van der Waals surface area contributed by atoms with Gasteiger partial charge in [0.05, 0.1) is 6.54 Å². The summed E-state index contributed by atoms with van der Waals surface area (Å²) >= 11 is 0. The monoisotopic (exact) mass is 342 g/mol. The van der Waals surface area contributed by atoms with Crippen LogP contribution in [0.5, 0.6) is 0 Å². The summed E-state index contributed by atoms with van der Waals surface area (Å²) in [5.74, 6) is 1.60. The Kier molecular flexibility index (Phi) is 5.68. The number of nitrogens with one attached hydrogen (secondary N) is 1. The van der Waals surface area contributed by atoms with Gasteiger partial charge in [-0.25, -0.2) is 0 Å². The van der Waals surface area contributed by atoms with E-state index in [4.69, 9.17) is 4.52 Å². The molecule has 0 atom stereocenters. The summed E-state index contributed by atoms with van der Waals surface area (Å²) in [4.78, 5) is 18.5. The summed E-state index contributed by atoms with van der Waals surface area (Å²) in [6, 6.07) is 10.9. The van der Waals surface area contributed by atoms with E-state index in [-0.39, 0.29) is 18.4 Å². The maximum absolute atomic E-state index is 12.4. The van der Waals surface area contributed by atoms with Crippen LogP contribution in [0, 0.1) is 5.92 Å². The van der Waals surface area contributed by atoms with E-state index < -0.39 is 0 Å². The Balaban J connectivity index is 1.42. The molecule has 1 aromatic heterocycles. The lowest BCUT2D eigenvalue weighted by atomic mass is 9.90. The molecule has 134 valence electrons. The van der Waals surface area contributed by atoms with Crippen molar-refractivity contribution in [1.29, 1.82) is 0 Å². The van der Waals surface area contributed by atoms with Crippen molar-refractivity contribution in [2.24, 2.45) is 5.92 Å². The molecule has 1 fully saturated rings. The van der Waals surface area contributed by atoms with E-state index in [0.717, 1.165) is 32.4 Å². The molecule has 3 rings (SSSR count). The molecule has 1 aromatic carbocycles. The van der Waals surface area contributed by atoms with Crippen LogP contribution in [0.3, 0.4) is 0 Å². The first kappa shape index (κ1) is 17.5. The lowest BCUT2D eigenvalue weighted by Crippen LogP contribution is -2.41. The van der Waals surface area contributed by atoms with Gasteiger partial charge in [0.2, 0.25) is 5.91 Å². The normalized spacial score (nSPS) is 15.6. The molecule has 1 aliphatic heterocycles. The van der Waals surface area contributed by atoms with Crippen LogP contribution in [-0.4, -0.2) is 40.6 Å². The standard InChI is InChI=1S/C19H26N4O2/c1-14(2)18-21-19(25-22-18)20-13-17(24)23-10-8-16(9-11-23)12-15-6-4-3-5-7-15/h3-7,14,16H,8-13H2,1-2H3,(H,20,21,22). The molecule has 1 aliphatic rings. The Morgan fingerprint density at radius 2 is 2.00 bits per heavy atom. The highest BCUT2D eigenvalue weighted by molar-refractivity contribution is 5.80. The molecule has 2 heterocycles. The summed E-state index contributed by atoms with van der Waals surface area (Å²) < 4.78 is 5.10. The molecular formula is C19H26N4O2. The van der Waals surface area contributed by atoms with E-state index >= 15 is 0 Å². The van der Waals surface area contributed by atoms with E-state index in [2.05, 4.69) is 39.7 Å². The number of benzene rings is 1. The predicted molar refractivity (Wildman–Crippen MR) is 96.3 cm³/mol. The van der Waals surface area contributed by atoms with Gasteiger partial charge >= 0.3 is 6.01 Å². The number of aromatic nitrogens is 2. The first-order chi connectivity index (χ1) is 12.1. The molecule has 1 N–H and O–H groups in total. The Bertz CT molecular complexity index is 676. The lowest BCUT2D eigenvalue weighted by molar-refractivity contribution is -0.130. The number of piperidine rings is 1. The fourth-order valence-corrected chi connectivity index (χ4v) is 3.14. The van der Waals surface area contributed by atoms with Gasteiger partial charge in [-0.3, -0.25) is 4.79 Å². The van der Waals surface area contributed by atoms with E-state index in [0.29, 0.717) is 17.8 Å². The second-order valence-electron chi connectivity index (χ2n) is 6.98. The van der Waals surface area contributed by atoms with Gasteiger partial charge in [-0.1, -0.05) is 49.3 Å². The zero-order valence-corrected chi connectivity index (χ0v) is 14.9. The topological polar surface area (TPSA) is 71.3 Å². The fraction of sp³-hybridized carbons (Fsp3) is 0.526. The van der Waals surface area contributed by atoms with Crippen molar-refractivity contribution in [3.63, 3.8) is 0 Å². The quantitative estimate of drug-likeness (QED) is 0.873. The minimum absolute atomic E-state index is 0.0856. The van der Waals surface area contributed by atoms with Crippen LogP contribution in [0.25, 0.3) is 0 Å². The number of anilines is 1. The van der Waals surface area contributed by atoms with Crippen molar-refractivity contribution in [2.75, 3.05) is 25.0 Å². The summed E-state index contributed by atoms with van der Waals surface area (Å²) in [6.45, 7) is 5.83. The van der Waals surface area contributed by atoms with Gasteiger partial charge in [-0.05, 0) is 30.7 Å². The molecule has 6 heteroatoms. The second kappa shape index (κ2) is 8.14. The number of carbonyl (C=O) groups excluding carboxylic acids is 1. The fourth-order valence-electron chi connectivity index (χ4n) is 3.14. The third-order valence-electron chi connectivity index (χ3n) is 4.68. The number of amides is 1. The van der Waals surface area contributed by atoms with Crippen LogP contribution >= 0.6 is 0 Å². The zero-order chi connectivity index (χ0) is 17.6. The Labute approximate surface area is 148 Å². The Hall–Kier alpha value is -2.37. The molecule has 25 heavy (non-hydrogen) atoms. The van der Waals surface area contributed by atoms with Crippen LogP contribution in [0.1, 0.15) is 44.0 Å². The number of likely N-dealkylation sites (tertiary alicyclic amines) is 1. The molecule has 1 amide bonds. The van der Waals surface area contributed by atoms with Crippen LogP contribution < -0.4 is 5.32 Å². The average molecular weight is 342 g/mol. The van der Waals surface area contributed by atoms with Crippen LogP contribution in [0.4, 0.5) is 6.01 Å². The van der Waals surface area contributed by atoms with E-state index in [9.17, 15) is 4.79 Å². The number of hydrogen-bond donors (Lipinski definition) is 1. The summed E-state index contributed by atoms with van der Waals surface area (Å²) in [5, 5.41) is 6.82. The van der Waals surface area contributed by atoms with E-state index in [1.54, 1.807) is 0 Å². The molecule has 0 aliphatic carbocycles. The summed E-state index contributed by atoms with van der Waals surface area (Å²) in [7, 11) is 0. The van der Waals surface area contributed by atoms with E-state index in [1.807, 2.05) is 24.8 Å². The van der Waals surface area contributed by atoms with Crippen molar-refractivity contribution in [2.45, 2.75) is 39.0 Å². The van der Waals surface area contributed by atoms with Gasteiger partial charge in [-0.2, -0.15) is 4.98 Å². The van der Waals surface area contributed by atoms with Crippen molar-refractivity contribution < 1.29 is 9.32 Å². The Morgan fingerprint density at radius 1 is 1.28 bits per heavy atom. The predicted octanol–water partition coefficient (Wildman–Crippen LogP) is 3.09. The highest BCUT2D eigenvalue weighted by Gasteiger charge is 2.23. The number of rotatable bonds is 6. The van der Waals surface area contributed by atoms with Gasteiger partial charge in [-0.15, -0.1) is 0 Å². The first-order valence-corrected chi connectivity index (χ1v) is 9.01. The average Bonchev–Trinajstić information content (AvgIpc) is 3.11. The SMILES string of the molecule is CC(C)c1noc(NCC(=O)N2CCC(Cc3ccccc3)CC2)n1. The van der Waals surface area contributed by atoms with Gasteiger partial charge in [0, 0.05) is 19.0 Å². The third kappa shape index (κ3) is 4.81. The molecule has 0 spiro atoms. The minimum Gasteiger partial charge on any atom is -0.341 e. The summed E-state index contributed by atoms with van der Waals surface area (Å²) in [5.41, 5.74) is 1.38. The van der Waals surface area contributed by atoms with Crippen LogP contribution in [0.15, 0.2) is 34.9 Å². The van der Waals surface area contributed by atoms with Gasteiger partial charge in [0.15, 0.2) is 5.82 Å². The molecule has 0 bridgehead atoms. The maximum atomic E-state index is 12.4. The van der Waals surface area contributed by atoms with Crippen LogP contribution in [-0.2, 0) is 11.2 Å². The first-order valence-electron chi connectivity index (χ1n) is 9.01. The number of hydrogen-bond acceptors (Lipinski definition) is 5. The van der Waals surface area contributed by atoms with Gasteiger partial charge < -0.3 is 14.7 Å². The van der Waals surface area contributed by atoms with E-state index in [1.165, 1.54) is 5.56 Å². The van der Waals surface area contributed by atoms with Crippen LogP contribution in [0.2, 0.25) is 0 Å². The molecule has 0 radical (unpaired) electrons. The second-order valence-corrected chi connectivity index (χ2v) is 6.98. The lowest BCUT2D eigenvalue weighted by Gasteiger charge is -2.32. The molecule has 0 saturated carbocycles. The smallest absolute Gasteiger partial charge is 0.321 e. The van der Waals surface area contributed by atoms with Gasteiger partial charge in [0.1, 0.15) is 0 Å². The minimum atomic E-state index is 0.0856. The molecule has 2 aromatic rings. The number of carbonyl (C=O) groups is 1.